The molecule has 74 valence electrons. The Labute approximate surface area is 78.6 Å². The molecule has 2 unspecified atom stereocenters. The standard InChI is InChI=1S/C8H23N3Si/c1-6-12-11-8(3,10-5)7(2)9-4/h7,9-11H,6,12H2,1-5H3. The lowest BCUT2D eigenvalue weighted by atomic mass is 10.1. The highest BCUT2D eigenvalue weighted by Gasteiger charge is 2.26. The Balaban J connectivity index is 4.03. The predicted octanol–water partition coefficient (Wildman–Crippen LogP) is -0.358. The van der Waals surface area contributed by atoms with E-state index in [1.807, 2.05) is 14.1 Å². The first-order chi connectivity index (χ1) is 5.60. The van der Waals surface area contributed by atoms with Gasteiger partial charge in [-0.05, 0) is 27.9 Å². The van der Waals surface area contributed by atoms with Gasteiger partial charge in [0, 0.05) is 6.04 Å². The number of hydrogen-bond acceptors (Lipinski definition) is 3. The van der Waals surface area contributed by atoms with Crippen LogP contribution in [-0.2, 0) is 0 Å². The quantitative estimate of drug-likeness (QED) is 0.395. The zero-order chi connectivity index (χ0) is 9.61. The summed E-state index contributed by atoms with van der Waals surface area (Å²) >= 11 is 0. The smallest absolute Gasteiger partial charge is 0.0935 e. The SMILES string of the molecule is CC[SiH2]NC(C)(NC)C(C)NC. The molecule has 0 aromatic rings. The Bertz CT molecular complexity index is 121. The summed E-state index contributed by atoms with van der Waals surface area (Å²) in [6.07, 6.45) is 0. The van der Waals surface area contributed by atoms with Crippen LogP contribution in [0.15, 0.2) is 0 Å². The molecule has 0 aliphatic carbocycles. The van der Waals surface area contributed by atoms with Gasteiger partial charge in [0.1, 0.15) is 0 Å². The summed E-state index contributed by atoms with van der Waals surface area (Å²) in [6, 6.07) is 1.75. The van der Waals surface area contributed by atoms with Crippen molar-refractivity contribution in [2.45, 2.75) is 38.5 Å². The average Bonchev–Trinajstić information content (AvgIpc) is 2.12. The third-order valence-corrected chi connectivity index (χ3v) is 4.05. The van der Waals surface area contributed by atoms with Crippen molar-refractivity contribution in [1.82, 2.24) is 15.6 Å². The lowest BCUT2D eigenvalue weighted by Crippen LogP contribution is -2.64. The summed E-state index contributed by atoms with van der Waals surface area (Å²) in [5.41, 5.74) is 0.0526. The van der Waals surface area contributed by atoms with E-state index in [1.54, 1.807) is 0 Å². The molecular weight excluding hydrogens is 166 g/mol. The summed E-state index contributed by atoms with van der Waals surface area (Å²) in [6.45, 7) is 6.63. The van der Waals surface area contributed by atoms with Crippen molar-refractivity contribution in [3.8, 4) is 0 Å². The minimum Gasteiger partial charge on any atom is -0.325 e. The second-order valence-corrected chi connectivity index (χ2v) is 5.24. The first kappa shape index (κ1) is 12.1. The van der Waals surface area contributed by atoms with Crippen LogP contribution in [0.2, 0.25) is 6.04 Å². The fourth-order valence-electron chi connectivity index (χ4n) is 1.13. The van der Waals surface area contributed by atoms with Crippen LogP contribution in [0.4, 0.5) is 0 Å². The number of likely N-dealkylation sites (N-methyl/N-ethyl adjacent to an activating group) is 2. The van der Waals surface area contributed by atoms with Gasteiger partial charge in [0.15, 0.2) is 0 Å². The number of rotatable bonds is 6. The van der Waals surface area contributed by atoms with Gasteiger partial charge in [-0.1, -0.05) is 13.0 Å². The zero-order valence-corrected chi connectivity index (χ0v) is 10.4. The Morgan fingerprint density at radius 2 is 2.00 bits per heavy atom. The van der Waals surface area contributed by atoms with Crippen molar-refractivity contribution < 1.29 is 0 Å². The molecule has 0 aliphatic heterocycles. The molecule has 0 saturated carbocycles. The predicted molar refractivity (Wildman–Crippen MR) is 58.1 cm³/mol. The molecule has 0 rings (SSSR count). The highest BCUT2D eigenvalue weighted by atomic mass is 28.2. The fraction of sp³-hybridized carbons (Fsp3) is 1.00. The van der Waals surface area contributed by atoms with Gasteiger partial charge in [0.25, 0.3) is 0 Å². The first-order valence-corrected chi connectivity index (χ1v) is 6.42. The van der Waals surface area contributed by atoms with E-state index in [9.17, 15) is 0 Å². The van der Waals surface area contributed by atoms with E-state index in [0.717, 1.165) is 0 Å². The van der Waals surface area contributed by atoms with E-state index in [4.69, 9.17) is 0 Å². The minimum atomic E-state index is -0.0981. The second kappa shape index (κ2) is 5.69. The summed E-state index contributed by atoms with van der Waals surface area (Å²) in [5, 5.41) is 6.59. The monoisotopic (exact) mass is 189 g/mol. The molecule has 4 heteroatoms. The summed E-state index contributed by atoms with van der Waals surface area (Å²) < 4.78 is 0. The van der Waals surface area contributed by atoms with E-state index in [2.05, 4.69) is 36.4 Å². The van der Waals surface area contributed by atoms with Gasteiger partial charge in [0.05, 0.1) is 15.3 Å². The van der Waals surface area contributed by atoms with Crippen molar-refractivity contribution in [2.24, 2.45) is 0 Å². The molecule has 0 saturated heterocycles. The second-order valence-electron chi connectivity index (χ2n) is 3.39. The molecular formula is C8H23N3Si. The summed E-state index contributed by atoms with van der Waals surface area (Å²) in [5.74, 6) is 0. The van der Waals surface area contributed by atoms with Crippen molar-refractivity contribution in [1.29, 1.82) is 0 Å². The molecule has 2 atom stereocenters. The maximum absolute atomic E-state index is 3.61. The molecule has 12 heavy (non-hydrogen) atoms. The van der Waals surface area contributed by atoms with Gasteiger partial charge >= 0.3 is 0 Å². The summed E-state index contributed by atoms with van der Waals surface area (Å²) in [4.78, 5) is 3.61. The Morgan fingerprint density at radius 3 is 2.33 bits per heavy atom. The van der Waals surface area contributed by atoms with Crippen LogP contribution >= 0.6 is 0 Å². The van der Waals surface area contributed by atoms with Crippen LogP contribution in [0.1, 0.15) is 20.8 Å². The number of hydrogen-bond donors (Lipinski definition) is 3. The normalized spacial score (nSPS) is 19.8. The van der Waals surface area contributed by atoms with Crippen molar-refractivity contribution in [2.75, 3.05) is 14.1 Å². The third-order valence-electron chi connectivity index (χ3n) is 2.56. The van der Waals surface area contributed by atoms with Gasteiger partial charge in [0.2, 0.25) is 0 Å². The molecule has 3 nitrogen and oxygen atoms in total. The molecule has 0 aliphatic rings. The molecule has 0 spiro atoms. The van der Waals surface area contributed by atoms with Crippen molar-refractivity contribution >= 4 is 9.68 Å². The molecule has 0 bridgehead atoms. The minimum absolute atomic E-state index is 0.0526. The van der Waals surface area contributed by atoms with Crippen LogP contribution < -0.4 is 15.6 Å². The highest BCUT2D eigenvalue weighted by molar-refractivity contribution is 6.32. The van der Waals surface area contributed by atoms with Gasteiger partial charge < -0.3 is 15.6 Å². The molecule has 0 amide bonds. The van der Waals surface area contributed by atoms with Gasteiger partial charge in [-0.15, -0.1) is 0 Å². The topological polar surface area (TPSA) is 36.1 Å². The summed E-state index contributed by atoms with van der Waals surface area (Å²) in [7, 11) is 3.90. The van der Waals surface area contributed by atoms with Crippen LogP contribution in [0.3, 0.4) is 0 Å². The van der Waals surface area contributed by atoms with Crippen LogP contribution in [0.5, 0.6) is 0 Å². The van der Waals surface area contributed by atoms with Crippen LogP contribution in [-0.4, -0.2) is 35.5 Å². The molecule has 0 aromatic carbocycles. The van der Waals surface area contributed by atoms with Crippen LogP contribution in [0.25, 0.3) is 0 Å². The van der Waals surface area contributed by atoms with Gasteiger partial charge in [-0.3, -0.25) is 0 Å². The lowest BCUT2D eigenvalue weighted by Gasteiger charge is -2.36. The first-order valence-electron chi connectivity index (χ1n) is 4.72. The largest absolute Gasteiger partial charge is 0.325 e. The molecule has 0 heterocycles. The fourth-order valence-corrected chi connectivity index (χ4v) is 2.38. The van der Waals surface area contributed by atoms with E-state index in [-0.39, 0.29) is 15.3 Å². The van der Waals surface area contributed by atoms with Crippen LogP contribution in [0, 0.1) is 0 Å². The molecule has 0 fully saturated rings. The maximum atomic E-state index is 3.61. The lowest BCUT2D eigenvalue weighted by molar-refractivity contribution is 0.277. The highest BCUT2D eigenvalue weighted by Crippen LogP contribution is 2.03. The van der Waals surface area contributed by atoms with E-state index < -0.39 is 0 Å². The Morgan fingerprint density at radius 1 is 1.42 bits per heavy atom. The average molecular weight is 189 g/mol. The van der Waals surface area contributed by atoms with Crippen molar-refractivity contribution in [3.63, 3.8) is 0 Å². The Hall–Kier alpha value is 0.0969. The Kier molecular flexibility index (Phi) is 5.74. The number of nitrogens with one attached hydrogen (secondary N) is 3. The van der Waals surface area contributed by atoms with Gasteiger partial charge in [-0.25, -0.2) is 0 Å². The van der Waals surface area contributed by atoms with E-state index in [1.165, 1.54) is 6.04 Å². The zero-order valence-electron chi connectivity index (χ0n) is 8.99. The van der Waals surface area contributed by atoms with E-state index >= 15 is 0 Å². The maximum Gasteiger partial charge on any atom is 0.0935 e. The van der Waals surface area contributed by atoms with E-state index in [0.29, 0.717) is 6.04 Å². The van der Waals surface area contributed by atoms with Crippen molar-refractivity contribution in [3.05, 3.63) is 0 Å². The van der Waals surface area contributed by atoms with Gasteiger partial charge in [-0.2, -0.15) is 0 Å². The molecule has 0 radical (unpaired) electrons. The third kappa shape index (κ3) is 3.22. The molecule has 0 aromatic heterocycles. The molecule has 3 N–H and O–H groups in total.